The number of hydrogen-bond acceptors (Lipinski definition) is 5. The molecule has 4 aromatic rings. The normalized spacial score (nSPS) is 18.2. The smallest absolute Gasteiger partial charge is 0.323 e. The minimum atomic E-state index is -0.355. The molecule has 0 radical (unpaired) electrons. The Bertz CT molecular complexity index is 1480. The number of fused-ring (bicyclic) bond motifs is 3. The summed E-state index contributed by atoms with van der Waals surface area (Å²) in [6.07, 6.45) is 6.99. The summed E-state index contributed by atoms with van der Waals surface area (Å²) >= 11 is 0. The first kappa shape index (κ1) is 23.0. The number of hydrogen-bond donors (Lipinski definition) is 3. The van der Waals surface area contributed by atoms with Crippen molar-refractivity contribution in [2.75, 3.05) is 30.3 Å². The van der Waals surface area contributed by atoms with E-state index in [0.29, 0.717) is 24.5 Å². The second-order valence-electron chi connectivity index (χ2n) is 9.59. The lowest BCUT2D eigenvalue weighted by molar-refractivity contribution is 0.206. The summed E-state index contributed by atoms with van der Waals surface area (Å²) in [5.41, 5.74) is 4.89. The van der Waals surface area contributed by atoms with Crippen molar-refractivity contribution in [1.82, 2.24) is 30.0 Å². The zero-order chi connectivity index (χ0) is 25.4. The molecule has 0 aliphatic carbocycles. The van der Waals surface area contributed by atoms with Crippen LogP contribution >= 0.6 is 0 Å². The predicted molar refractivity (Wildman–Crippen MR) is 141 cm³/mol. The van der Waals surface area contributed by atoms with Crippen molar-refractivity contribution in [3.63, 3.8) is 0 Å². The Balaban J connectivity index is 1.26. The SMILES string of the molecule is CCNC(=O)N1CCC2(CCn3nc(-c4cnc5cccc(NC(=O)Nc6cccnc6)c5c4)cc32)C1. The highest BCUT2D eigenvalue weighted by atomic mass is 16.2. The highest BCUT2D eigenvalue weighted by Gasteiger charge is 2.46. The van der Waals surface area contributed by atoms with Crippen LogP contribution in [0, 0.1) is 0 Å². The van der Waals surface area contributed by atoms with E-state index in [1.807, 2.05) is 42.3 Å². The van der Waals surface area contributed by atoms with Gasteiger partial charge in [0.15, 0.2) is 0 Å². The van der Waals surface area contributed by atoms with Gasteiger partial charge in [-0.15, -0.1) is 0 Å². The lowest BCUT2D eigenvalue weighted by atomic mass is 9.82. The molecular weight excluding hydrogens is 468 g/mol. The number of rotatable bonds is 4. The lowest BCUT2D eigenvalue weighted by Crippen LogP contribution is -2.40. The number of nitrogens with one attached hydrogen (secondary N) is 3. The number of carbonyl (C=O) groups is 2. The zero-order valence-electron chi connectivity index (χ0n) is 20.6. The van der Waals surface area contributed by atoms with Crippen molar-refractivity contribution in [2.45, 2.75) is 31.7 Å². The van der Waals surface area contributed by atoms with Crippen LogP contribution in [0.4, 0.5) is 21.0 Å². The Morgan fingerprint density at radius 3 is 2.78 bits per heavy atom. The van der Waals surface area contributed by atoms with Gasteiger partial charge in [-0.05, 0) is 56.2 Å². The van der Waals surface area contributed by atoms with Gasteiger partial charge in [0.1, 0.15) is 0 Å². The average molecular weight is 497 g/mol. The van der Waals surface area contributed by atoms with Crippen LogP contribution in [0.5, 0.6) is 0 Å². The zero-order valence-corrected chi connectivity index (χ0v) is 20.6. The van der Waals surface area contributed by atoms with Crippen LogP contribution in [0.25, 0.3) is 22.2 Å². The second-order valence-corrected chi connectivity index (χ2v) is 9.59. The summed E-state index contributed by atoms with van der Waals surface area (Å²) in [5.74, 6) is 0. The summed E-state index contributed by atoms with van der Waals surface area (Å²) in [7, 11) is 0. The fourth-order valence-electron chi connectivity index (χ4n) is 5.44. The largest absolute Gasteiger partial charge is 0.338 e. The molecule has 1 saturated heterocycles. The highest BCUT2D eigenvalue weighted by molar-refractivity contribution is 6.06. The van der Waals surface area contributed by atoms with E-state index in [4.69, 9.17) is 5.10 Å². The molecule has 3 aromatic heterocycles. The number of aryl methyl sites for hydroxylation is 1. The lowest BCUT2D eigenvalue weighted by Gasteiger charge is -2.23. The molecule has 2 aliphatic heterocycles. The number of urea groups is 2. The molecule has 1 unspecified atom stereocenters. The average Bonchev–Trinajstić information content (AvgIpc) is 3.62. The van der Waals surface area contributed by atoms with Gasteiger partial charge in [0.2, 0.25) is 0 Å². The van der Waals surface area contributed by atoms with Gasteiger partial charge in [-0.2, -0.15) is 5.10 Å². The van der Waals surface area contributed by atoms with E-state index in [1.54, 1.807) is 24.5 Å². The summed E-state index contributed by atoms with van der Waals surface area (Å²) in [4.78, 5) is 35.6. The molecule has 1 atom stereocenters. The van der Waals surface area contributed by atoms with E-state index in [2.05, 4.69) is 36.7 Å². The first-order valence-corrected chi connectivity index (χ1v) is 12.5. The number of aromatic nitrogens is 4. The molecule has 5 heterocycles. The van der Waals surface area contributed by atoms with E-state index >= 15 is 0 Å². The topological polar surface area (TPSA) is 117 Å². The van der Waals surface area contributed by atoms with Gasteiger partial charge in [0.05, 0.1) is 28.8 Å². The number of anilines is 2. The maximum absolute atomic E-state index is 12.6. The Morgan fingerprint density at radius 2 is 1.95 bits per heavy atom. The van der Waals surface area contributed by atoms with Crippen molar-refractivity contribution in [3.05, 3.63) is 66.7 Å². The third-order valence-corrected chi connectivity index (χ3v) is 7.28. The van der Waals surface area contributed by atoms with E-state index < -0.39 is 0 Å². The molecule has 10 nitrogen and oxygen atoms in total. The van der Waals surface area contributed by atoms with Crippen LogP contribution in [0.3, 0.4) is 0 Å². The first-order chi connectivity index (χ1) is 18.0. The maximum atomic E-state index is 12.6. The summed E-state index contributed by atoms with van der Waals surface area (Å²) in [6.45, 7) is 4.86. The number of likely N-dealkylation sites (tertiary alicyclic amines) is 1. The maximum Gasteiger partial charge on any atom is 0.323 e. The van der Waals surface area contributed by atoms with E-state index in [1.165, 1.54) is 5.69 Å². The van der Waals surface area contributed by atoms with Crippen molar-refractivity contribution in [1.29, 1.82) is 0 Å². The summed E-state index contributed by atoms with van der Waals surface area (Å²) in [5, 5.41) is 14.4. The number of pyridine rings is 2. The number of amides is 4. The third-order valence-electron chi connectivity index (χ3n) is 7.28. The van der Waals surface area contributed by atoms with Crippen LogP contribution in [0.2, 0.25) is 0 Å². The van der Waals surface area contributed by atoms with Crippen molar-refractivity contribution >= 4 is 34.3 Å². The van der Waals surface area contributed by atoms with Crippen LogP contribution < -0.4 is 16.0 Å². The standard InChI is InChI=1S/C27H28N8O2/c1-2-29-26(37)34-11-8-27(17-34)9-12-35-24(27)14-23(33-35)18-13-20-21(30-15-18)6-3-7-22(20)32-25(36)31-19-5-4-10-28-16-19/h3-7,10,13-16H,2,8-9,11-12,17H2,1H3,(H,29,37)(H2,31,32,36). The molecule has 3 N–H and O–H groups in total. The van der Waals surface area contributed by atoms with Crippen LogP contribution in [0.15, 0.2) is 61.1 Å². The molecule has 1 fully saturated rings. The molecule has 37 heavy (non-hydrogen) atoms. The quantitative estimate of drug-likeness (QED) is 0.391. The van der Waals surface area contributed by atoms with E-state index in [9.17, 15) is 9.59 Å². The molecule has 1 spiro atoms. The van der Waals surface area contributed by atoms with E-state index in [-0.39, 0.29) is 17.5 Å². The Hall–Kier alpha value is -4.47. The first-order valence-electron chi connectivity index (χ1n) is 12.5. The molecular formula is C27H28N8O2. The van der Waals surface area contributed by atoms with Gasteiger partial charge < -0.3 is 20.9 Å². The number of benzene rings is 1. The predicted octanol–water partition coefficient (Wildman–Crippen LogP) is 4.21. The third kappa shape index (κ3) is 4.24. The monoisotopic (exact) mass is 496 g/mol. The molecule has 0 bridgehead atoms. The summed E-state index contributed by atoms with van der Waals surface area (Å²) in [6, 6.07) is 13.0. The molecule has 10 heteroatoms. The highest BCUT2D eigenvalue weighted by Crippen LogP contribution is 2.44. The molecule has 2 aliphatic rings. The van der Waals surface area contributed by atoms with Crippen molar-refractivity contribution < 1.29 is 9.59 Å². The van der Waals surface area contributed by atoms with Crippen molar-refractivity contribution in [2.24, 2.45) is 0 Å². The van der Waals surface area contributed by atoms with Crippen LogP contribution in [-0.4, -0.2) is 56.3 Å². The number of nitrogens with zero attached hydrogens (tertiary/aromatic N) is 5. The fraction of sp³-hybridized carbons (Fsp3) is 0.296. The molecule has 4 amide bonds. The van der Waals surface area contributed by atoms with Gasteiger partial charge in [0, 0.05) is 60.6 Å². The van der Waals surface area contributed by atoms with Gasteiger partial charge in [0.25, 0.3) is 0 Å². The van der Waals surface area contributed by atoms with Crippen LogP contribution in [-0.2, 0) is 12.0 Å². The minimum Gasteiger partial charge on any atom is -0.338 e. The Kier molecular flexibility index (Phi) is 5.71. The molecule has 0 saturated carbocycles. The number of carbonyl (C=O) groups excluding carboxylic acids is 2. The second kappa shape index (κ2) is 9.20. The van der Waals surface area contributed by atoms with Gasteiger partial charge in [-0.25, -0.2) is 9.59 Å². The molecule has 1 aromatic carbocycles. The Morgan fingerprint density at radius 1 is 1.05 bits per heavy atom. The molecule has 6 rings (SSSR count). The van der Waals surface area contributed by atoms with Gasteiger partial charge in [-0.3, -0.25) is 14.6 Å². The van der Waals surface area contributed by atoms with Crippen LogP contribution in [0.1, 0.15) is 25.5 Å². The van der Waals surface area contributed by atoms with Gasteiger partial charge in [-0.1, -0.05) is 6.07 Å². The van der Waals surface area contributed by atoms with E-state index in [0.717, 1.165) is 48.1 Å². The minimum absolute atomic E-state index is 0.00360. The Labute approximate surface area is 214 Å². The fourth-order valence-corrected chi connectivity index (χ4v) is 5.44. The summed E-state index contributed by atoms with van der Waals surface area (Å²) < 4.78 is 2.08. The molecule has 188 valence electrons. The van der Waals surface area contributed by atoms with Crippen molar-refractivity contribution in [3.8, 4) is 11.3 Å². The van der Waals surface area contributed by atoms with Gasteiger partial charge >= 0.3 is 12.1 Å².